The molecule has 0 saturated carbocycles. The summed E-state index contributed by atoms with van der Waals surface area (Å²) in [5.74, 6) is 0.838. The van der Waals surface area contributed by atoms with E-state index < -0.39 is 9.84 Å². The van der Waals surface area contributed by atoms with E-state index in [1.54, 1.807) is 10.8 Å². The third kappa shape index (κ3) is 4.19. The highest BCUT2D eigenvalue weighted by Gasteiger charge is 2.29. The molecular formula is C18H20N4O4S. The van der Waals surface area contributed by atoms with Crippen molar-refractivity contribution in [2.24, 2.45) is 5.92 Å². The van der Waals surface area contributed by atoms with E-state index in [9.17, 15) is 13.2 Å². The third-order valence-corrected chi connectivity index (χ3v) is 6.49. The van der Waals surface area contributed by atoms with Gasteiger partial charge in [0.15, 0.2) is 21.2 Å². The number of sulfone groups is 1. The molecule has 0 unspecified atom stereocenters. The first kappa shape index (κ1) is 17.7. The molecule has 0 spiro atoms. The quantitative estimate of drug-likeness (QED) is 0.685. The summed E-state index contributed by atoms with van der Waals surface area (Å²) in [5, 5.41) is 7.29. The lowest BCUT2D eigenvalue weighted by Gasteiger charge is -2.07. The van der Waals surface area contributed by atoms with E-state index in [4.69, 9.17) is 4.42 Å². The maximum absolute atomic E-state index is 12.0. The molecule has 1 fully saturated rings. The van der Waals surface area contributed by atoms with Gasteiger partial charge in [-0.3, -0.25) is 4.79 Å². The molecule has 0 radical (unpaired) electrons. The van der Waals surface area contributed by atoms with Crippen molar-refractivity contribution in [3.8, 4) is 11.5 Å². The van der Waals surface area contributed by atoms with Crippen molar-refractivity contribution in [1.29, 1.82) is 0 Å². The zero-order valence-corrected chi connectivity index (χ0v) is 15.5. The Morgan fingerprint density at radius 1 is 1.37 bits per heavy atom. The van der Waals surface area contributed by atoms with Crippen LogP contribution in [0.2, 0.25) is 0 Å². The van der Waals surface area contributed by atoms with Crippen molar-refractivity contribution in [3.63, 3.8) is 0 Å². The molecule has 1 amide bonds. The molecule has 9 heteroatoms. The Bertz CT molecular complexity index is 1060. The van der Waals surface area contributed by atoms with Crippen molar-refractivity contribution in [2.45, 2.75) is 19.3 Å². The first-order valence-corrected chi connectivity index (χ1v) is 10.7. The zero-order valence-electron chi connectivity index (χ0n) is 14.7. The number of amides is 1. The van der Waals surface area contributed by atoms with Gasteiger partial charge in [0.25, 0.3) is 0 Å². The fourth-order valence-electron chi connectivity index (χ4n) is 3.31. The van der Waals surface area contributed by atoms with Crippen LogP contribution in [0.15, 0.2) is 41.1 Å². The first-order chi connectivity index (χ1) is 13.0. The molecule has 0 aliphatic carbocycles. The Labute approximate surface area is 156 Å². The molecule has 1 atom stereocenters. The molecule has 3 aromatic rings. The van der Waals surface area contributed by atoms with Gasteiger partial charge in [-0.1, -0.05) is 0 Å². The van der Waals surface area contributed by atoms with Crippen LogP contribution in [0.1, 0.15) is 18.5 Å². The molecule has 0 bridgehead atoms. The van der Waals surface area contributed by atoms with Crippen LogP contribution in [0.3, 0.4) is 0 Å². The minimum absolute atomic E-state index is 0.0607. The van der Waals surface area contributed by atoms with E-state index in [1.165, 1.54) is 0 Å². The molecule has 3 aromatic heterocycles. The van der Waals surface area contributed by atoms with Crippen LogP contribution in [0.4, 0.5) is 0 Å². The number of fused-ring (bicyclic) bond motifs is 1. The van der Waals surface area contributed by atoms with E-state index in [0.717, 1.165) is 11.4 Å². The van der Waals surface area contributed by atoms with Gasteiger partial charge in [-0.05, 0) is 30.5 Å². The van der Waals surface area contributed by atoms with Gasteiger partial charge in [0, 0.05) is 31.6 Å². The molecule has 1 saturated heterocycles. The number of hydrogen-bond donors (Lipinski definition) is 1. The summed E-state index contributed by atoms with van der Waals surface area (Å²) in [4.78, 5) is 16.5. The second-order valence-electron chi connectivity index (χ2n) is 6.80. The summed E-state index contributed by atoms with van der Waals surface area (Å²) < 4.78 is 29.9. The Balaban J connectivity index is 1.32. The zero-order chi connectivity index (χ0) is 18.9. The molecule has 142 valence electrons. The third-order valence-electron chi connectivity index (χ3n) is 4.65. The molecule has 8 nitrogen and oxygen atoms in total. The number of furan rings is 1. The maximum atomic E-state index is 12.0. The normalized spacial score (nSPS) is 18.7. The maximum Gasteiger partial charge on any atom is 0.220 e. The minimum Gasteiger partial charge on any atom is -0.463 e. The Hall–Kier alpha value is -2.68. The predicted octanol–water partition coefficient (Wildman–Crippen LogP) is 1.47. The first-order valence-electron chi connectivity index (χ1n) is 8.85. The van der Waals surface area contributed by atoms with Crippen molar-refractivity contribution >= 4 is 21.4 Å². The number of carbonyl (C=O) groups is 1. The lowest BCUT2D eigenvalue weighted by Crippen LogP contribution is -2.28. The average molecular weight is 388 g/mol. The van der Waals surface area contributed by atoms with Crippen molar-refractivity contribution in [3.05, 3.63) is 42.4 Å². The Morgan fingerprint density at radius 3 is 3.00 bits per heavy atom. The molecule has 0 aromatic carbocycles. The number of nitrogens with one attached hydrogen (secondary N) is 1. The largest absolute Gasteiger partial charge is 0.463 e. The highest BCUT2D eigenvalue weighted by molar-refractivity contribution is 7.91. The van der Waals surface area contributed by atoms with Gasteiger partial charge < -0.3 is 9.73 Å². The van der Waals surface area contributed by atoms with Crippen LogP contribution < -0.4 is 5.32 Å². The van der Waals surface area contributed by atoms with Gasteiger partial charge in [-0.2, -0.15) is 5.10 Å². The number of nitrogens with zero attached hydrogens (tertiary/aromatic N) is 3. The highest BCUT2D eigenvalue weighted by atomic mass is 32.2. The van der Waals surface area contributed by atoms with Crippen LogP contribution >= 0.6 is 0 Å². The van der Waals surface area contributed by atoms with E-state index in [-0.39, 0.29) is 29.8 Å². The van der Waals surface area contributed by atoms with Crippen LogP contribution in [-0.4, -0.2) is 47.0 Å². The van der Waals surface area contributed by atoms with E-state index in [0.29, 0.717) is 30.8 Å². The molecule has 1 aliphatic rings. The smallest absolute Gasteiger partial charge is 0.220 e. The highest BCUT2D eigenvalue weighted by Crippen LogP contribution is 2.21. The molecule has 4 heterocycles. The van der Waals surface area contributed by atoms with E-state index >= 15 is 0 Å². The number of hydrogen-bond acceptors (Lipinski definition) is 6. The Morgan fingerprint density at radius 2 is 2.26 bits per heavy atom. The molecule has 1 N–H and O–H groups in total. The topological polar surface area (TPSA) is 107 Å². The molecule has 1 aliphatic heterocycles. The number of carbonyl (C=O) groups excluding carboxylic acids is 1. The summed E-state index contributed by atoms with van der Waals surface area (Å²) in [6.07, 6.45) is 4.84. The molecule has 27 heavy (non-hydrogen) atoms. The molecular weight excluding hydrogens is 368 g/mol. The summed E-state index contributed by atoms with van der Waals surface area (Å²) in [7, 11) is -2.95. The van der Waals surface area contributed by atoms with Crippen LogP contribution in [0, 0.1) is 5.92 Å². The van der Waals surface area contributed by atoms with Gasteiger partial charge in [0.1, 0.15) is 5.69 Å². The van der Waals surface area contributed by atoms with Gasteiger partial charge in [-0.15, -0.1) is 0 Å². The second kappa shape index (κ2) is 7.15. The van der Waals surface area contributed by atoms with Gasteiger partial charge >= 0.3 is 0 Å². The van der Waals surface area contributed by atoms with Gasteiger partial charge in [-0.25, -0.2) is 17.9 Å². The fraction of sp³-hybridized carbons (Fsp3) is 0.389. The van der Waals surface area contributed by atoms with Crippen molar-refractivity contribution in [1.82, 2.24) is 19.9 Å². The second-order valence-corrected chi connectivity index (χ2v) is 9.03. The van der Waals surface area contributed by atoms with Gasteiger partial charge in [0.05, 0.1) is 23.5 Å². The summed E-state index contributed by atoms with van der Waals surface area (Å²) in [5.41, 5.74) is 2.27. The monoisotopic (exact) mass is 388 g/mol. The van der Waals surface area contributed by atoms with Crippen molar-refractivity contribution < 1.29 is 17.6 Å². The molecule has 4 rings (SSSR count). The fourth-order valence-corrected chi connectivity index (χ4v) is 5.17. The van der Waals surface area contributed by atoms with Crippen LogP contribution in [-0.2, 0) is 21.1 Å². The number of rotatable bonds is 6. The van der Waals surface area contributed by atoms with Crippen LogP contribution in [0.5, 0.6) is 0 Å². The summed E-state index contributed by atoms with van der Waals surface area (Å²) in [6, 6.07) is 7.37. The predicted molar refractivity (Wildman–Crippen MR) is 98.8 cm³/mol. The average Bonchev–Trinajstić information content (AvgIpc) is 3.33. The Kier molecular flexibility index (Phi) is 4.69. The lowest BCUT2D eigenvalue weighted by molar-refractivity contribution is -0.121. The van der Waals surface area contributed by atoms with E-state index in [2.05, 4.69) is 15.4 Å². The summed E-state index contributed by atoms with van der Waals surface area (Å²) >= 11 is 0. The van der Waals surface area contributed by atoms with Gasteiger partial charge in [0.2, 0.25) is 5.91 Å². The van der Waals surface area contributed by atoms with Crippen LogP contribution in [0.25, 0.3) is 17.1 Å². The SMILES string of the molecule is O=C(C[C@H]1CCS(=O)(=O)C1)NCCc1cc2nc(-c3ccco3)ccn2n1. The lowest BCUT2D eigenvalue weighted by atomic mass is 10.1. The number of aromatic nitrogens is 3. The van der Waals surface area contributed by atoms with Crippen molar-refractivity contribution in [2.75, 3.05) is 18.1 Å². The summed E-state index contributed by atoms with van der Waals surface area (Å²) in [6.45, 7) is 0.452. The standard InChI is InChI=1S/C18H20N4O4S/c23-18(10-13-5-9-27(24,25)12-13)19-6-3-14-11-17-20-15(4-7-22(17)21-14)16-2-1-8-26-16/h1-2,4,7-8,11,13H,3,5-6,9-10,12H2,(H,19,23)/t13-/m1/s1. The minimum atomic E-state index is -2.95. The van der Waals surface area contributed by atoms with E-state index in [1.807, 2.05) is 30.5 Å².